The molecule has 20 heavy (non-hydrogen) atoms. The molecule has 0 bridgehead atoms. The van der Waals surface area contributed by atoms with Crippen molar-refractivity contribution < 1.29 is 4.52 Å². The van der Waals surface area contributed by atoms with Gasteiger partial charge in [0.05, 0.1) is 17.7 Å². The molecule has 0 aliphatic heterocycles. The van der Waals surface area contributed by atoms with E-state index in [-0.39, 0.29) is 5.92 Å². The quantitative estimate of drug-likeness (QED) is 0.832. The van der Waals surface area contributed by atoms with Gasteiger partial charge in [-0.05, 0) is 37.3 Å². The van der Waals surface area contributed by atoms with Crippen LogP contribution in [0.4, 0.5) is 0 Å². The van der Waals surface area contributed by atoms with Crippen molar-refractivity contribution in [2.24, 2.45) is 0 Å². The Labute approximate surface area is 120 Å². The summed E-state index contributed by atoms with van der Waals surface area (Å²) in [6.07, 6.45) is 0.692. The lowest BCUT2D eigenvalue weighted by Gasteiger charge is -2.10. The highest BCUT2D eigenvalue weighted by Crippen LogP contribution is 2.27. The zero-order chi connectivity index (χ0) is 14.7. The molecule has 0 spiro atoms. The van der Waals surface area contributed by atoms with Crippen molar-refractivity contribution in [1.29, 1.82) is 5.26 Å². The first-order valence-electron chi connectivity index (χ1n) is 6.94. The van der Waals surface area contributed by atoms with Crippen LogP contribution >= 0.6 is 0 Å². The number of rotatable bonds is 4. The summed E-state index contributed by atoms with van der Waals surface area (Å²) in [7, 11) is 0. The Bertz CT molecular complexity index is 598. The van der Waals surface area contributed by atoms with Gasteiger partial charge in [-0.1, -0.05) is 43.3 Å². The molecule has 0 N–H and O–H groups in total. The van der Waals surface area contributed by atoms with Crippen molar-refractivity contribution in [2.45, 2.75) is 46.0 Å². The Balaban J connectivity index is 2.21. The maximum atomic E-state index is 9.43. The first-order valence-corrected chi connectivity index (χ1v) is 6.94. The average molecular weight is 268 g/mol. The third kappa shape index (κ3) is 2.91. The topological polar surface area (TPSA) is 49.8 Å². The van der Waals surface area contributed by atoms with Gasteiger partial charge in [-0.25, -0.2) is 0 Å². The molecule has 0 saturated heterocycles. The second-order valence-corrected chi connectivity index (χ2v) is 5.52. The van der Waals surface area contributed by atoms with Gasteiger partial charge in [0.25, 0.3) is 0 Å². The van der Waals surface area contributed by atoms with E-state index < -0.39 is 0 Å². The Kier molecular flexibility index (Phi) is 4.24. The monoisotopic (exact) mass is 268 g/mol. The predicted molar refractivity (Wildman–Crippen MR) is 78.6 cm³/mol. The number of nitriles is 1. The summed E-state index contributed by atoms with van der Waals surface area (Å²) in [6.45, 7) is 8.10. The molecule has 1 unspecified atom stereocenters. The number of aryl methyl sites for hydroxylation is 2. The van der Waals surface area contributed by atoms with E-state index in [9.17, 15) is 5.26 Å². The maximum Gasteiger partial charge on any atom is 0.138 e. The van der Waals surface area contributed by atoms with E-state index in [0.29, 0.717) is 12.3 Å². The summed E-state index contributed by atoms with van der Waals surface area (Å²) >= 11 is 0. The molecule has 0 radical (unpaired) electrons. The highest BCUT2D eigenvalue weighted by molar-refractivity contribution is 5.34. The van der Waals surface area contributed by atoms with Gasteiger partial charge < -0.3 is 4.52 Å². The third-order valence-corrected chi connectivity index (χ3v) is 3.68. The van der Waals surface area contributed by atoms with E-state index in [4.69, 9.17) is 4.52 Å². The van der Waals surface area contributed by atoms with Gasteiger partial charge in [0.1, 0.15) is 5.76 Å². The van der Waals surface area contributed by atoms with Crippen LogP contribution in [0.25, 0.3) is 0 Å². The van der Waals surface area contributed by atoms with Crippen molar-refractivity contribution in [3.05, 3.63) is 52.4 Å². The first kappa shape index (κ1) is 14.3. The summed E-state index contributed by atoms with van der Waals surface area (Å²) < 4.78 is 5.17. The minimum absolute atomic E-state index is 0.203. The summed E-state index contributed by atoms with van der Waals surface area (Å²) in [4.78, 5) is 0. The van der Waals surface area contributed by atoms with Gasteiger partial charge >= 0.3 is 0 Å². The number of hydrogen-bond donors (Lipinski definition) is 0. The highest BCUT2D eigenvalue weighted by atomic mass is 16.5. The van der Waals surface area contributed by atoms with Crippen molar-refractivity contribution in [3.8, 4) is 6.07 Å². The SMILES string of the molecule is Cc1noc(C)c1C(C#N)Cc1ccc(C(C)C)cc1. The summed E-state index contributed by atoms with van der Waals surface area (Å²) in [5, 5.41) is 13.4. The largest absolute Gasteiger partial charge is 0.361 e. The number of nitrogens with zero attached hydrogens (tertiary/aromatic N) is 2. The van der Waals surface area contributed by atoms with Gasteiger partial charge in [-0.2, -0.15) is 5.26 Å². The maximum absolute atomic E-state index is 9.43. The third-order valence-electron chi connectivity index (χ3n) is 3.68. The van der Waals surface area contributed by atoms with E-state index in [2.05, 4.69) is 49.3 Å². The van der Waals surface area contributed by atoms with Crippen molar-refractivity contribution in [3.63, 3.8) is 0 Å². The molecule has 2 aromatic rings. The molecule has 2 rings (SSSR count). The van der Waals surface area contributed by atoms with Crippen LogP contribution in [0.1, 0.15) is 53.8 Å². The molecular formula is C17H20N2O. The van der Waals surface area contributed by atoms with Crippen LogP contribution in [0.15, 0.2) is 28.8 Å². The molecular weight excluding hydrogens is 248 g/mol. The summed E-state index contributed by atoms with van der Waals surface area (Å²) in [6, 6.07) is 10.9. The van der Waals surface area contributed by atoms with Crippen LogP contribution < -0.4 is 0 Å². The smallest absolute Gasteiger partial charge is 0.138 e. The van der Waals surface area contributed by atoms with Crippen molar-refractivity contribution in [2.75, 3.05) is 0 Å². The van der Waals surface area contributed by atoms with E-state index in [1.54, 1.807) is 0 Å². The Morgan fingerprint density at radius 3 is 2.30 bits per heavy atom. The van der Waals surface area contributed by atoms with Gasteiger partial charge in [-0.15, -0.1) is 0 Å². The summed E-state index contributed by atoms with van der Waals surface area (Å²) in [5.41, 5.74) is 4.23. The van der Waals surface area contributed by atoms with Crippen molar-refractivity contribution in [1.82, 2.24) is 5.16 Å². The first-order chi connectivity index (χ1) is 9.52. The van der Waals surface area contributed by atoms with Crippen LogP contribution in [-0.4, -0.2) is 5.16 Å². The number of benzene rings is 1. The van der Waals surface area contributed by atoms with Crippen LogP contribution in [-0.2, 0) is 6.42 Å². The van der Waals surface area contributed by atoms with Gasteiger partial charge in [0.2, 0.25) is 0 Å². The zero-order valence-electron chi connectivity index (χ0n) is 12.5. The lowest BCUT2D eigenvalue weighted by atomic mass is 9.91. The fourth-order valence-corrected chi connectivity index (χ4v) is 2.47. The molecule has 1 aromatic carbocycles. The van der Waals surface area contributed by atoms with Crippen LogP contribution in [0.3, 0.4) is 0 Å². The summed E-state index contributed by atoms with van der Waals surface area (Å²) in [5.74, 6) is 1.07. The zero-order valence-corrected chi connectivity index (χ0v) is 12.5. The average Bonchev–Trinajstić information content (AvgIpc) is 2.76. The molecule has 0 aliphatic carbocycles. The molecule has 104 valence electrons. The normalized spacial score (nSPS) is 12.4. The number of aromatic nitrogens is 1. The lowest BCUT2D eigenvalue weighted by Crippen LogP contribution is -2.03. The van der Waals surface area contributed by atoms with Crippen molar-refractivity contribution >= 4 is 0 Å². The molecule has 1 atom stereocenters. The Morgan fingerprint density at radius 2 is 1.85 bits per heavy atom. The Hall–Kier alpha value is -2.08. The molecule has 0 aliphatic rings. The van der Waals surface area contributed by atoms with Gasteiger partial charge in [-0.3, -0.25) is 0 Å². The highest BCUT2D eigenvalue weighted by Gasteiger charge is 2.20. The van der Waals surface area contributed by atoms with E-state index in [1.807, 2.05) is 13.8 Å². The van der Waals surface area contributed by atoms with E-state index in [0.717, 1.165) is 17.0 Å². The Morgan fingerprint density at radius 1 is 1.20 bits per heavy atom. The second-order valence-electron chi connectivity index (χ2n) is 5.52. The molecule has 3 nitrogen and oxygen atoms in total. The molecule has 0 fully saturated rings. The number of hydrogen-bond acceptors (Lipinski definition) is 3. The van der Waals surface area contributed by atoms with Crippen LogP contribution in [0.2, 0.25) is 0 Å². The standard InChI is InChI=1S/C17H20N2O/c1-11(2)15-7-5-14(6-8-15)9-16(10-18)17-12(3)19-20-13(17)4/h5-8,11,16H,9H2,1-4H3. The van der Waals surface area contributed by atoms with Gasteiger partial charge in [0, 0.05) is 5.56 Å². The molecule has 3 heteroatoms. The van der Waals surface area contributed by atoms with E-state index in [1.165, 1.54) is 11.1 Å². The fraction of sp³-hybridized carbons (Fsp3) is 0.412. The van der Waals surface area contributed by atoms with E-state index >= 15 is 0 Å². The molecule has 0 saturated carbocycles. The molecule has 0 amide bonds. The van der Waals surface area contributed by atoms with Crippen LogP contribution in [0, 0.1) is 25.2 Å². The van der Waals surface area contributed by atoms with Gasteiger partial charge in [0.15, 0.2) is 0 Å². The molecule has 1 aromatic heterocycles. The minimum Gasteiger partial charge on any atom is -0.361 e. The van der Waals surface area contributed by atoms with Crippen LogP contribution in [0.5, 0.6) is 0 Å². The minimum atomic E-state index is -0.203. The lowest BCUT2D eigenvalue weighted by molar-refractivity contribution is 0.392. The predicted octanol–water partition coefficient (Wildman–Crippen LogP) is 4.26. The fourth-order valence-electron chi connectivity index (χ4n) is 2.47. The second kappa shape index (κ2) is 5.92. The molecule has 1 heterocycles.